The zero-order valence-corrected chi connectivity index (χ0v) is 15.2. The summed E-state index contributed by atoms with van der Waals surface area (Å²) in [6.45, 7) is 1.85. The average molecular weight is 369 g/mol. The SMILES string of the molecule is COCCOC(=O)C1=C(C)N(C)C(=O)[C@@]12C(C#N)=C(N)Oc1ccccc12. The fourth-order valence-corrected chi connectivity index (χ4v) is 3.52. The lowest BCUT2D eigenvalue weighted by molar-refractivity contribution is -0.142. The largest absolute Gasteiger partial charge is 0.460 e. The number of allylic oxidation sites excluding steroid dienone is 1. The van der Waals surface area contributed by atoms with Crippen molar-refractivity contribution < 1.29 is 23.8 Å². The summed E-state index contributed by atoms with van der Waals surface area (Å²) in [5, 5.41) is 9.78. The molecule has 2 aliphatic rings. The van der Waals surface area contributed by atoms with Gasteiger partial charge in [-0.1, -0.05) is 18.2 Å². The number of nitrogens with two attached hydrogens (primary N) is 1. The lowest BCUT2D eigenvalue weighted by Crippen LogP contribution is -2.46. The third-order valence-electron chi connectivity index (χ3n) is 4.83. The summed E-state index contributed by atoms with van der Waals surface area (Å²) < 4.78 is 15.7. The van der Waals surface area contributed by atoms with Gasteiger partial charge in [-0.2, -0.15) is 5.26 Å². The first-order valence-corrected chi connectivity index (χ1v) is 8.24. The van der Waals surface area contributed by atoms with Crippen molar-refractivity contribution in [2.24, 2.45) is 5.73 Å². The highest BCUT2D eigenvalue weighted by Gasteiger charge is 2.61. The van der Waals surface area contributed by atoms with Crippen LogP contribution in [0.1, 0.15) is 12.5 Å². The number of hydrogen-bond donors (Lipinski definition) is 1. The second-order valence-corrected chi connectivity index (χ2v) is 6.15. The molecule has 1 amide bonds. The number of benzene rings is 1. The van der Waals surface area contributed by atoms with Crippen LogP contribution in [0, 0.1) is 11.3 Å². The Balaban J connectivity index is 2.28. The molecule has 0 fully saturated rings. The Labute approximate surface area is 156 Å². The van der Waals surface area contributed by atoms with Crippen molar-refractivity contribution in [1.29, 1.82) is 5.26 Å². The molecule has 0 saturated heterocycles. The molecule has 27 heavy (non-hydrogen) atoms. The maximum absolute atomic E-state index is 13.4. The van der Waals surface area contributed by atoms with Gasteiger partial charge in [-0.25, -0.2) is 4.79 Å². The maximum Gasteiger partial charge on any atom is 0.337 e. The molecule has 0 unspecified atom stereocenters. The molecule has 2 heterocycles. The van der Waals surface area contributed by atoms with Crippen LogP contribution in [0.5, 0.6) is 5.75 Å². The van der Waals surface area contributed by atoms with Crippen LogP contribution in [0.15, 0.2) is 47.0 Å². The third-order valence-corrected chi connectivity index (χ3v) is 4.83. The van der Waals surface area contributed by atoms with Crippen LogP contribution >= 0.6 is 0 Å². The van der Waals surface area contributed by atoms with E-state index < -0.39 is 17.3 Å². The molecule has 2 N–H and O–H groups in total. The number of nitrogens with zero attached hydrogens (tertiary/aromatic N) is 2. The minimum absolute atomic E-state index is 0.0132. The lowest BCUT2D eigenvalue weighted by Gasteiger charge is -2.34. The van der Waals surface area contributed by atoms with E-state index in [4.69, 9.17) is 19.9 Å². The minimum atomic E-state index is -1.70. The number of esters is 1. The minimum Gasteiger partial charge on any atom is -0.460 e. The number of methoxy groups -OCH3 is 1. The van der Waals surface area contributed by atoms with Gasteiger partial charge in [0, 0.05) is 25.4 Å². The van der Waals surface area contributed by atoms with Crippen molar-refractivity contribution in [3.8, 4) is 11.8 Å². The van der Waals surface area contributed by atoms with Crippen LogP contribution in [-0.4, -0.2) is 44.1 Å². The Kier molecular flexibility index (Phi) is 4.64. The zero-order valence-electron chi connectivity index (χ0n) is 15.2. The number of rotatable bonds is 4. The van der Waals surface area contributed by atoms with Gasteiger partial charge in [0.1, 0.15) is 24.0 Å². The fraction of sp³-hybridized carbons (Fsp3) is 0.316. The molecule has 0 radical (unpaired) electrons. The summed E-state index contributed by atoms with van der Waals surface area (Å²) in [6, 6.07) is 8.66. The summed E-state index contributed by atoms with van der Waals surface area (Å²) >= 11 is 0. The van der Waals surface area contributed by atoms with Gasteiger partial charge >= 0.3 is 5.97 Å². The molecule has 1 aromatic carbocycles. The summed E-state index contributed by atoms with van der Waals surface area (Å²) in [5.74, 6) is -1.07. The zero-order chi connectivity index (χ0) is 19.8. The van der Waals surface area contributed by atoms with Crippen molar-refractivity contribution in [3.63, 3.8) is 0 Å². The summed E-state index contributed by atoms with van der Waals surface area (Å²) in [4.78, 5) is 27.6. The first-order chi connectivity index (χ1) is 12.9. The molecule has 8 heteroatoms. The number of amides is 1. The fourth-order valence-electron chi connectivity index (χ4n) is 3.52. The number of likely N-dealkylation sites (N-methyl/N-ethyl adjacent to an activating group) is 1. The molecule has 0 bridgehead atoms. The Morgan fingerprint density at radius 2 is 2.07 bits per heavy atom. The molecule has 140 valence electrons. The number of para-hydroxylation sites is 1. The molecule has 0 aliphatic carbocycles. The van der Waals surface area contributed by atoms with E-state index in [0.29, 0.717) is 17.0 Å². The maximum atomic E-state index is 13.4. The van der Waals surface area contributed by atoms with Crippen molar-refractivity contribution in [2.75, 3.05) is 27.4 Å². The molecular formula is C19H19N3O5. The topological polar surface area (TPSA) is 115 Å². The van der Waals surface area contributed by atoms with Gasteiger partial charge in [0.05, 0.1) is 12.2 Å². The van der Waals surface area contributed by atoms with Crippen LogP contribution in [-0.2, 0) is 24.5 Å². The van der Waals surface area contributed by atoms with Crippen molar-refractivity contribution in [1.82, 2.24) is 4.90 Å². The number of hydrogen-bond acceptors (Lipinski definition) is 7. The monoisotopic (exact) mass is 369 g/mol. The molecule has 1 atom stereocenters. The van der Waals surface area contributed by atoms with E-state index in [2.05, 4.69) is 0 Å². The Bertz CT molecular complexity index is 928. The van der Waals surface area contributed by atoms with Crippen LogP contribution in [0.4, 0.5) is 0 Å². The van der Waals surface area contributed by atoms with Gasteiger partial charge in [0.15, 0.2) is 5.41 Å². The molecule has 3 rings (SSSR count). The number of ether oxygens (including phenoxy) is 3. The Morgan fingerprint density at radius 1 is 1.37 bits per heavy atom. The average Bonchev–Trinajstić information content (AvgIpc) is 2.84. The number of fused-ring (bicyclic) bond motifs is 2. The highest BCUT2D eigenvalue weighted by Crippen LogP contribution is 2.53. The van der Waals surface area contributed by atoms with Crippen molar-refractivity contribution in [3.05, 3.63) is 52.6 Å². The highest BCUT2D eigenvalue weighted by molar-refractivity contribution is 6.12. The van der Waals surface area contributed by atoms with E-state index in [-0.39, 0.29) is 30.2 Å². The molecule has 1 aromatic rings. The van der Waals surface area contributed by atoms with Gasteiger partial charge in [-0.15, -0.1) is 0 Å². The summed E-state index contributed by atoms with van der Waals surface area (Å²) in [5.41, 5.74) is 4.96. The number of carbonyl (C=O) groups excluding carboxylic acids is 2. The van der Waals surface area contributed by atoms with Crippen LogP contribution in [0.2, 0.25) is 0 Å². The van der Waals surface area contributed by atoms with Crippen LogP contribution < -0.4 is 10.5 Å². The summed E-state index contributed by atoms with van der Waals surface area (Å²) in [6.07, 6.45) is 0. The van der Waals surface area contributed by atoms with E-state index in [0.717, 1.165) is 0 Å². The Morgan fingerprint density at radius 3 is 2.74 bits per heavy atom. The van der Waals surface area contributed by atoms with E-state index in [1.54, 1.807) is 31.2 Å². The molecule has 0 aromatic heterocycles. The van der Waals surface area contributed by atoms with Gasteiger partial charge in [0.25, 0.3) is 0 Å². The predicted molar refractivity (Wildman–Crippen MR) is 93.9 cm³/mol. The molecule has 1 spiro atoms. The van der Waals surface area contributed by atoms with Gasteiger partial charge in [-0.3, -0.25) is 4.79 Å². The number of nitriles is 1. The van der Waals surface area contributed by atoms with E-state index >= 15 is 0 Å². The van der Waals surface area contributed by atoms with Gasteiger partial charge in [0.2, 0.25) is 11.8 Å². The van der Waals surface area contributed by atoms with Crippen LogP contribution in [0.25, 0.3) is 0 Å². The highest BCUT2D eigenvalue weighted by atomic mass is 16.6. The lowest BCUT2D eigenvalue weighted by atomic mass is 9.68. The quantitative estimate of drug-likeness (QED) is 0.620. The van der Waals surface area contributed by atoms with Crippen molar-refractivity contribution in [2.45, 2.75) is 12.3 Å². The predicted octanol–water partition coefficient (Wildman–Crippen LogP) is 0.946. The molecule has 8 nitrogen and oxygen atoms in total. The molecular weight excluding hydrogens is 350 g/mol. The second kappa shape index (κ2) is 6.78. The van der Waals surface area contributed by atoms with E-state index in [9.17, 15) is 14.9 Å². The van der Waals surface area contributed by atoms with Crippen LogP contribution in [0.3, 0.4) is 0 Å². The number of carbonyl (C=O) groups is 2. The van der Waals surface area contributed by atoms with Crippen molar-refractivity contribution >= 4 is 11.9 Å². The normalized spacial score (nSPS) is 21.3. The standard InChI is InChI=1S/C19H19N3O5/c1-11-15(17(23)26-9-8-25-3)19(18(24)22(11)2)12-6-4-5-7-14(12)27-16(21)13(19)10-20/h4-7H,8-9,21H2,1-3H3/t19-/m0/s1. The first-order valence-electron chi connectivity index (χ1n) is 8.24. The Hall–Kier alpha value is -3.31. The molecule has 0 saturated carbocycles. The summed E-state index contributed by atoms with van der Waals surface area (Å²) in [7, 11) is 3.02. The molecule has 2 aliphatic heterocycles. The second-order valence-electron chi connectivity index (χ2n) is 6.15. The third kappa shape index (κ3) is 2.47. The van der Waals surface area contributed by atoms with E-state index in [1.807, 2.05) is 6.07 Å². The van der Waals surface area contributed by atoms with Gasteiger partial charge < -0.3 is 24.8 Å². The first kappa shape index (κ1) is 18.5. The van der Waals surface area contributed by atoms with E-state index in [1.165, 1.54) is 19.1 Å². The van der Waals surface area contributed by atoms with Gasteiger partial charge in [-0.05, 0) is 13.0 Å². The smallest absolute Gasteiger partial charge is 0.337 e.